The minimum atomic E-state index is -0.694. The number of benzene rings is 4. The van der Waals surface area contributed by atoms with Crippen molar-refractivity contribution in [3.8, 4) is 17.2 Å². The third kappa shape index (κ3) is 6.23. The SMILES string of the molecule is CCOc1cc(/C=C2/NC(=O)N(CC(=O)Nc3ccccc3OC)C2=O)cc(Br)c1OCc1cccc2ccccc12. The number of para-hydroxylation sites is 2. The van der Waals surface area contributed by atoms with Crippen LogP contribution in [0, 0.1) is 0 Å². The highest BCUT2D eigenvalue weighted by Crippen LogP contribution is 2.38. The molecule has 0 saturated carbocycles. The van der Waals surface area contributed by atoms with E-state index < -0.39 is 24.4 Å². The molecule has 1 saturated heterocycles. The summed E-state index contributed by atoms with van der Waals surface area (Å²) in [6.07, 6.45) is 1.53. The van der Waals surface area contributed by atoms with E-state index >= 15 is 0 Å². The molecule has 0 aliphatic carbocycles. The summed E-state index contributed by atoms with van der Waals surface area (Å²) in [7, 11) is 1.48. The van der Waals surface area contributed by atoms with Gasteiger partial charge in [-0.3, -0.25) is 9.59 Å². The molecule has 4 aromatic carbocycles. The highest BCUT2D eigenvalue weighted by molar-refractivity contribution is 9.10. The number of methoxy groups -OCH3 is 1. The summed E-state index contributed by atoms with van der Waals surface area (Å²) in [6, 6.07) is 23.8. The Labute approximate surface area is 251 Å². The highest BCUT2D eigenvalue weighted by Gasteiger charge is 2.35. The van der Waals surface area contributed by atoms with E-state index in [2.05, 4.69) is 44.8 Å². The largest absolute Gasteiger partial charge is 0.495 e. The summed E-state index contributed by atoms with van der Waals surface area (Å²) >= 11 is 3.58. The van der Waals surface area contributed by atoms with Gasteiger partial charge in [0.25, 0.3) is 5.91 Å². The van der Waals surface area contributed by atoms with E-state index in [9.17, 15) is 14.4 Å². The van der Waals surface area contributed by atoms with E-state index in [1.807, 2.05) is 31.2 Å². The number of fused-ring (bicyclic) bond motifs is 1. The first-order valence-electron chi connectivity index (χ1n) is 13.2. The Balaban J connectivity index is 1.32. The fraction of sp³-hybridized carbons (Fsp3) is 0.156. The van der Waals surface area contributed by atoms with Crippen molar-refractivity contribution >= 4 is 56.3 Å². The van der Waals surface area contributed by atoms with Crippen LogP contribution in [0.1, 0.15) is 18.1 Å². The summed E-state index contributed by atoms with van der Waals surface area (Å²) < 4.78 is 17.9. The fourth-order valence-electron chi connectivity index (χ4n) is 4.61. The zero-order valence-corrected chi connectivity index (χ0v) is 24.6. The molecule has 2 N–H and O–H groups in total. The molecule has 1 aliphatic rings. The lowest BCUT2D eigenvalue weighted by molar-refractivity contribution is -0.127. The molecule has 0 aromatic heterocycles. The van der Waals surface area contributed by atoms with E-state index in [1.165, 1.54) is 13.2 Å². The van der Waals surface area contributed by atoms with Crippen LogP contribution in [-0.4, -0.2) is 43.0 Å². The molecule has 0 bridgehead atoms. The number of urea groups is 1. The van der Waals surface area contributed by atoms with Crippen molar-refractivity contribution in [1.82, 2.24) is 10.2 Å². The molecule has 42 heavy (non-hydrogen) atoms. The minimum absolute atomic E-state index is 0.0314. The summed E-state index contributed by atoms with van der Waals surface area (Å²) in [5.41, 5.74) is 2.09. The predicted molar refractivity (Wildman–Crippen MR) is 163 cm³/mol. The van der Waals surface area contributed by atoms with Gasteiger partial charge >= 0.3 is 6.03 Å². The zero-order valence-electron chi connectivity index (χ0n) is 23.0. The van der Waals surface area contributed by atoms with Gasteiger partial charge in [0, 0.05) is 0 Å². The predicted octanol–water partition coefficient (Wildman–Crippen LogP) is 6.12. The molecule has 1 heterocycles. The van der Waals surface area contributed by atoms with Crippen molar-refractivity contribution < 1.29 is 28.6 Å². The van der Waals surface area contributed by atoms with Gasteiger partial charge in [-0.25, -0.2) is 9.69 Å². The lowest BCUT2D eigenvalue weighted by atomic mass is 10.1. The molecular weight excluding hydrogens is 602 g/mol. The maximum atomic E-state index is 13.1. The fourth-order valence-corrected chi connectivity index (χ4v) is 5.18. The van der Waals surface area contributed by atoms with Gasteiger partial charge in [0.05, 0.1) is 23.9 Å². The van der Waals surface area contributed by atoms with E-state index in [4.69, 9.17) is 14.2 Å². The van der Waals surface area contributed by atoms with Gasteiger partial charge in [-0.05, 0) is 75.1 Å². The molecule has 10 heteroatoms. The van der Waals surface area contributed by atoms with Crippen LogP contribution in [0.2, 0.25) is 0 Å². The van der Waals surface area contributed by atoms with Crippen molar-refractivity contribution in [2.75, 3.05) is 25.6 Å². The van der Waals surface area contributed by atoms with Gasteiger partial charge in [-0.2, -0.15) is 0 Å². The maximum absolute atomic E-state index is 13.1. The van der Waals surface area contributed by atoms with E-state index in [1.54, 1.807) is 36.4 Å². The molecule has 4 amide bonds. The Morgan fingerprint density at radius 2 is 1.74 bits per heavy atom. The van der Waals surface area contributed by atoms with E-state index in [-0.39, 0.29) is 5.70 Å². The monoisotopic (exact) mass is 629 g/mol. The summed E-state index contributed by atoms with van der Waals surface area (Å²) in [4.78, 5) is 39.1. The number of carbonyl (C=O) groups excluding carboxylic acids is 3. The van der Waals surface area contributed by atoms with Crippen molar-refractivity contribution in [1.29, 1.82) is 0 Å². The Morgan fingerprint density at radius 3 is 2.55 bits per heavy atom. The lowest BCUT2D eigenvalue weighted by Gasteiger charge is -2.16. The first-order valence-corrected chi connectivity index (χ1v) is 14.0. The average molecular weight is 630 g/mol. The van der Waals surface area contributed by atoms with Crippen LogP contribution in [0.4, 0.5) is 10.5 Å². The van der Waals surface area contributed by atoms with Gasteiger partial charge in [0.2, 0.25) is 5.91 Å². The van der Waals surface area contributed by atoms with Crippen LogP contribution in [0.5, 0.6) is 17.2 Å². The van der Waals surface area contributed by atoms with E-state index in [0.717, 1.165) is 21.2 Å². The molecule has 1 aliphatic heterocycles. The van der Waals surface area contributed by atoms with Crippen LogP contribution in [0.3, 0.4) is 0 Å². The van der Waals surface area contributed by atoms with Crippen molar-refractivity contribution in [2.24, 2.45) is 0 Å². The second-order valence-corrected chi connectivity index (χ2v) is 10.2. The van der Waals surface area contributed by atoms with Gasteiger partial charge in [0.15, 0.2) is 11.5 Å². The quantitative estimate of drug-likeness (QED) is 0.162. The third-order valence-electron chi connectivity index (χ3n) is 6.54. The normalized spacial score (nSPS) is 13.8. The topological polar surface area (TPSA) is 106 Å². The van der Waals surface area contributed by atoms with Crippen LogP contribution in [-0.2, 0) is 16.2 Å². The smallest absolute Gasteiger partial charge is 0.329 e. The van der Waals surface area contributed by atoms with Crippen LogP contribution < -0.4 is 24.8 Å². The Bertz CT molecular complexity index is 1700. The van der Waals surface area contributed by atoms with Crippen LogP contribution in [0.25, 0.3) is 16.8 Å². The highest BCUT2D eigenvalue weighted by atomic mass is 79.9. The number of nitrogens with zero attached hydrogens (tertiary/aromatic N) is 1. The number of ether oxygens (including phenoxy) is 3. The molecule has 0 atom stereocenters. The van der Waals surface area contributed by atoms with Crippen molar-refractivity contribution in [3.63, 3.8) is 0 Å². The van der Waals surface area contributed by atoms with Gasteiger partial charge < -0.3 is 24.8 Å². The number of rotatable bonds is 10. The first-order chi connectivity index (χ1) is 20.4. The third-order valence-corrected chi connectivity index (χ3v) is 7.13. The number of halogens is 1. The molecule has 1 fully saturated rings. The number of anilines is 1. The number of hydrogen-bond acceptors (Lipinski definition) is 6. The molecule has 5 rings (SSSR count). The van der Waals surface area contributed by atoms with E-state index in [0.29, 0.717) is 46.2 Å². The van der Waals surface area contributed by atoms with Gasteiger partial charge in [-0.1, -0.05) is 54.6 Å². The van der Waals surface area contributed by atoms with Gasteiger partial charge in [-0.15, -0.1) is 0 Å². The summed E-state index contributed by atoms with van der Waals surface area (Å²) in [6.45, 7) is 2.11. The zero-order chi connectivity index (χ0) is 29.6. The molecule has 0 radical (unpaired) electrons. The van der Waals surface area contributed by atoms with Gasteiger partial charge in [0.1, 0.15) is 24.6 Å². The second-order valence-electron chi connectivity index (χ2n) is 9.32. The second kappa shape index (κ2) is 12.8. The molecule has 0 spiro atoms. The van der Waals surface area contributed by atoms with Crippen molar-refractivity contribution in [3.05, 3.63) is 100 Å². The number of amides is 4. The first kappa shape index (κ1) is 28.7. The Kier molecular flexibility index (Phi) is 8.73. The average Bonchev–Trinajstić information content (AvgIpc) is 3.24. The summed E-state index contributed by atoms with van der Waals surface area (Å²) in [5.74, 6) is 0.287. The molecule has 0 unspecified atom stereocenters. The lowest BCUT2D eigenvalue weighted by Crippen LogP contribution is -2.38. The number of hydrogen-bond donors (Lipinski definition) is 2. The molecular formula is C32H28BrN3O6. The van der Waals surface area contributed by atoms with Crippen LogP contribution >= 0.6 is 15.9 Å². The Hall–Kier alpha value is -4.83. The maximum Gasteiger partial charge on any atom is 0.329 e. The number of imide groups is 1. The number of nitrogens with one attached hydrogen (secondary N) is 2. The minimum Gasteiger partial charge on any atom is -0.495 e. The molecule has 4 aromatic rings. The van der Waals surface area contributed by atoms with Crippen LogP contribution in [0.15, 0.2) is 89.0 Å². The summed E-state index contributed by atoms with van der Waals surface area (Å²) in [5, 5.41) is 7.45. The molecule has 214 valence electrons. The number of carbonyl (C=O) groups is 3. The van der Waals surface area contributed by atoms with Crippen molar-refractivity contribution in [2.45, 2.75) is 13.5 Å². The molecule has 9 nitrogen and oxygen atoms in total. The Morgan fingerprint density at radius 1 is 0.976 bits per heavy atom. The standard InChI is InChI=1S/C32H28BrN3O6/c1-3-41-28-17-20(15-24(33)30(28)42-19-22-11-8-10-21-9-4-5-12-23(21)22)16-26-31(38)36(32(39)35-26)18-29(37)34-25-13-6-7-14-27(25)40-2/h4-17H,3,18-19H2,1-2H3,(H,34,37)(H,35,39)/b26-16+.